The van der Waals surface area contributed by atoms with Crippen LogP contribution in [0.2, 0.25) is 0 Å². The summed E-state index contributed by atoms with van der Waals surface area (Å²) in [6.45, 7) is 7.71. The van der Waals surface area contributed by atoms with Gasteiger partial charge in [0.2, 0.25) is 0 Å². The molecule has 2 aromatic rings. The molecule has 0 amide bonds. The van der Waals surface area contributed by atoms with Gasteiger partial charge >= 0.3 is 0 Å². The number of pyridine rings is 2. The van der Waals surface area contributed by atoms with Crippen molar-refractivity contribution in [3.05, 3.63) is 61.2 Å². The van der Waals surface area contributed by atoms with Crippen molar-refractivity contribution >= 4 is 10.4 Å². The molecule has 8 nitrogen and oxygen atoms in total. The third-order valence-electron chi connectivity index (χ3n) is 9.32. The summed E-state index contributed by atoms with van der Waals surface area (Å²) < 4.78 is 49.6. The third-order valence-corrected chi connectivity index (χ3v) is 9.32. The molecule has 0 aromatic carbocycles. The van der Waals surface area contributed by atoms with E-state index in [9.17, 15) is 0 Å². The lowest BCUT2D eigenvalue weighted by atomic mass is 10.0. The van der Waals surface area contributed by atoms with Gasteiger partial charge in [0.15, 0.2) is 24.8 Å². The van der Waals surface area contributed by atoms with Crippen LogP contribution in [-0.4, -0.2) is 30.7 Å². The van der Waals surface area contributed by atoms with Crippen LogP contribution in [-0.2, 0) is 33.3 Å². The van der Waals surface area contributed by atoms with Gasteiger partial charge in [-0.25, -0.2) is 0 Å². The average molecular weight is 765 g/mol. The molecule has 9 heteroatoms. The topological polar surface area (TPSA) is 106 Å². The monoisotopic (exact) mass is 765 g/mol. The van der Waals surface area contributed by atoms with Gasteiger partial charge < -0.3 is 18.6 Å². The van der Waals surface area contributed by atoms with Crippen LogP contribution in [0.4, 0.5) is 0 Å². The second kappa shape index (κ2) is 41.3. The Balaban J connectivity index is 0.000000904. The molecule has 2 heterocycles. The van der Waals surface area contributed by atoms with Gasteiger partial charge in [-0.3, -0.25) is 8.42 Å². The Morgan fingerprint density at radius 2 is 0.585 bits per heavy atom. The summed E-state index contributed by atoms with van der Waals surface area (Å²) >= 11 is 0. The van der Waals surface area contributed by atoms with Crippen LogP contribution in [0.1, 0.15) is 194 Å². The van der Waals surface area contributed by atoms with Gasteiger partial charge in [-0.1, -0.05) is 193 Å². The van der Waals surface area contributed by atoms with Crippen LogP contribution < -0.4 is 9.13 Å². The van der Waals surface area contributed by atoms with E-state index >= 15 is 0 Å². The first-order valence-electron chi connectivity index (χ1n) is 21.6. The van der Waals surface area contributed by atoms with Gasteiger partial charge in [0.05, 0.1) is 13.2 Å². The highest BCUT2D eigenvalue weighted by Gasteiger charge is 1.99. The standard InChI is InChI=1S/2C22H40NO.H2O4S/c2*1-2-3-4-5-6-7-8-9-10-11-12-13-14-18-21-24-22-23-19-16-15-17-20-23;1-5(2,3)4/h2*15-17,19-20H,2-14,18,21-22H2,1H3;(H2,1,2,3,4)/q2*+1;/p-2. The summed E-state index contributed by atoms with van der Waals surface area (Å²) in [6.07, 6.45) is 47.5. The average Bonchev–Trinajstić information content (AvgIpc) is 3.15. The Morgan fingerprint density at radius 3 is 0.811 bits per heavy atom. The summed E-state index contributed by atoms with van der Waals surface area (Å²) in [4.78, 5) is 0. The molecular formula is C44H80N2O6S. The number of aromatic nitrogens is 2. The van der Waals surface area contributed by atoms with Crippen molar-refractivity contribution in [2.24, 2.45) is 0 Å². The maximum absolute atomic E-state index is 8.52. The molecule has 2 rings (SSSR count). The van der Waals surface area contributed by atoms with Gasteiger partial charge in [-0.2, -0.15) is 9.13 Å². The van der Waals surface area contributed by atoms with E-state index in [-0.39, 0.29) is 0 Å². The van der Waals surface area contributed by atoms with Crippen LogP contribution in [0.5, 0.6) is 0 Å². The van der Waals surface area contributed by atoms with Crippen molar-refractivity contribution < 1.29 is 36.1 Å². The second-order valence-electron chi connectivity index (χ2n) is 14.5. The van der Waals surface area contributed by atoms with E-state index in [0.29, 0.717) is 13.5 Å². The van der Waals surface area contributed by atoms with Gasteiger partial charge in [-0.05, 0) is 12.8 Å². The number of nitrogens with zero attached hydrogens (tertiary/aromatic N) is 2. The molecule has 0 unspecified atom stereocenters. The molecule has 0 saturated carbocycles. The highest BCUT2D eigenvalue weighted by molar-refractivity contribution is 7.79. The van der Waals surface area contributed by atoms with Crippen molar-refractivity contribution in [1.82, 2.24) is 0 Å². The van der Waals surface area contributed by atoms with Gasteiger partial charge in [0, 0.05) is 34.7 Å². The SMILES string of the molecule is CCCCCCCCCCCCCCCCOC[n+]1ccccc1.CCCCCCCCCCCCCCCCOC[n+]1ccccc1.O=S(=O)([O-])[O-]. The summed E-state index contributed by atoms with van der Waals surface area (Å²) in [6, 6.07) is 12.2. The van der Waals surface area contributed by atoms with E-state index < -0.39 is 10.4 Å². The first-order chi connectivity index (χ1) is 25.9. The van der Waals surface area contributed by atoms with Crippen LogP contribution >= 0.6 is 0 Å². The molecule has 0 atom stereocenters. The van der Waals surface area contributed by atoms with E-state index in [2.05, 4.69) is 23.0 Å². The van der Waals surface area contributed by atoms with Crippen molar-refractivity contribution in [3.8, 4) is 0 Å². The van der Waals surface area contributed by atoms with Gasteiger partial charge in [-0.15, -0.1) is 0 Å². The fourth-order valence-corrected chi connectivity index (χ4v) is 6.18. The zero-order valence-corrected chi connectivity index (χ0v) is 35.0. The van der Waals surface area contributed by atoms with Crippen LogP contribution in [0.3, 0.4) is 0 Å². The molecule has 0 aliphatic rings. The smallest absolute Gasteiger partial charge is 0.252 e. The Bertz CT molecular complexity index is 996. The maximum atomic E-state index is 8.52. The molecule has 0 saturated heterocycles. The lowest BCUT2D eigenvalue weighted by Gasteiger charge is -2.06. The van der Waals surface area contributed by atoms with E-state index in [4.69, 9.17) is 27.0 Å². The van der Waals surface area contributed by atoms with Crippen molar-refractivity contribution in [2.45, 2.75) is 207 Å². The molecule has 0 spiro atoms. The maximum Gasteiger partial charge on any atom is 0.252 e. The van der Waals surface area contributed by atoms with Gasteiger partial charge in [0.25, 0.3) is 13.5 Å². The molecule has 2 aromatic heterocycles. The molecule has 0 aliphatic carbocycles. The number of ether oxygens (including phenoxy) is 2. The van der Waals surface area contributed by atoms with E-state index in [1.807, 2.05) is 61.2 Å². The fourth-order valence-electron chi connectivity index (χ4n) is 6.18. The minimum absolute atomic E-state index is 0.680. The Morgan fingerprint density at radius 1 is 0.377 bits per heavy atom. The lowest BCUT2D eigenvalue weighted by molar-refractivity contribution is -0.732. The number of hydrogen-bond acceptors (Lipinski definition) is 6. The molecule has 0 radical (unpaired) electrons. The van der Waals surface area contributed by atoms with E-state index in [1.54, 1.807) is 0 Å². The first kappa shape index (κ1) is 51.1. The molecule has 308 valence electrons. The lowest BCUT2D eigenvalue weighted by Crippen LogP contribution is -2.33. The second-order valence-corrected chi connectivity index (χ2v) is 15.3. The Kier molecular flexibility index (Phi) is 39.8. The third kappa shape index (κ3) is 46.2. The number of hydrogen-bond donors (Lipinski definition) is 0. The zero-order chi connectivity index (χ0) is 38.8. The van der Waals surface area contributed by atoms with Crippen LogP contribution in [0.25, 0.3) is 0 Å². The quantitative estimate of drug-likeness (QED) is 0.0304. The van der Waals surface area contributed by atoms with Crippen LogP contribution in [0, 0.1) is 0 Å². The summed E-state index contributed by atoms with van der Waals surface area (Å²) in [7, 11) is -5.17. The molecule has 53 heavy (non-hydrogen) atoms. The van der Waals surface area contributed by atoms with Crippen molar-refractivity contribution in [3.63, 3.8) is 0 Å². The molecule has 0 N–H and O–H groups in total. The van der Waals surface area contributed by atoms with E-state index in [1.165, 1.54) is 180 Å². The summed E-state index contributed by atoms with van der Waals surface area (Å²) in [5.74, 6) is 0. The number of unbranched alkanes of at least 4 members (excludes halogenated alkanes) is 26. The van der Waals surface area contributed by atoms with Crippen molar-refractivity contribution in [1.29, 1.82) is 0 Å². The molecular weight excluding hydrogens is 685 g/mol. The van der Waals surface area contributed by atoms with Crippen molar-refractivity contribution in [2.75, 3.05) is 13.2 Å². The fraction of sp³-hybridized carbons (Fsp3) is 0.773. The Hall–Kier alpha value is -1.91. The summed E-state index contributed by atoms with van der Waals surface area (Å²) in [5, 5.41) is 0. The first-order valence-corrected chi connectivity index (χ1v) is 22.9. The molecule has 0 fully saturated rings. The largest absolute Gasteiger partial charge is 0.759 e. The van der Waals surface area contributed by atoms with Gasteiger partial charge in [0.1, 0.15) is 0 Å². The molecule has 0 aliphatic heterocycles. The summed E-state index contributed by atoms with van der Waals surface area (Å²) in [5.41, 5.74) is 0. The zero-order valence-electron chi connectivity index (χ0n) is 34.2. The Labute approximate surface area is 327 Å². The minimum atomic E-state index is -5.17. The van der Waals surface area contributed by atoms with E-state index in [0.717, 1.165) is 13.2 Å². The predicted octanol–water partition coefficient (Wildman–Crippen LogP) is 11.5. The van der Waals surface area contributed by atoms with Crippen LogP contribution in [0.15, 0.2) is 61.2 Å². The normalized spacial score (nSPS) is 11.1. The number of rotatable bonds is 34. The molecule has 0 bridgehead atoms. The highest BCUT2D eigenvalue weighted by atomic mass is 32.3. The minimum Gasteiger partial charge on any atom is -0.759 e. The predicted molar refractivity (Wildman–Crippen MR) is 216 cm³/mol. The highest BCUT2D eigenvalue weighted by Crippen LogP contribution is 2.14.